The van der Waals surface area contributed by atoms with Crippen molar-refractivity contribution in [2.45, 2.75) is 25.8 Å². The summed E-state index contributed by atoms with van der Waals surface area (Å²) in [4.78, 5) is 11.0. The Bertz CT molecular complexity index is 193. The molecule has 68 valence electrons. The maximum Gasteiger partial charge on any atom is 0.234 e. The molecule has 0 aromatic heterocycles. The fourth-order valence-corrected chi connectivity index (χ4v) is 1.92. The van der Waals surface area contributed by atoms with Crippen molar-refractivity contribution in [1.29, 1.82) is 0 Å². The van der Waals surface area contributed by atoms with Crippen LogP contribution in [0.4, 0.5) is 0 Å². The highest BCUT2D eigenvalue weighted by molar-refractivity contribution is 5.79. The minimum atomic E-state index is 0.152. The summed E-state index contributed by atoms with van der Waals surface area (Å²) in [5.74, 6) is 1.92. The molecule has 2 aliphatic rings. The second-order valence-electron chi connectivity index (χ2n) is 4.10. The largest absolute Gasteiger partial charge is 0.351 e. The Labute approximate surface area is 72.9 Å². The first-order valence-corrected chi connectivity index (χ1v) is 4.76. The molecule has 1 heterocycles. The monoisotopic (exact) mass is 168 g/mol. The van der Waals surface area contributed by atoms with Gasteiger partial charge in [-0.15, -0.1) is 0 Å². The fourth-order valence-electron chi connectivity index (χ4n) is 1.92. The Hall–Kier alpha value is -0.570. The Balaban J connectivity index is 1.76. The van der Waals surface area contributed by atoms with Crippen LogP contribution in [0.5, 0.6) is 0 Å². The van der Waals surface area contributed by atoms with E-state index < -0.39 is 0 Å². The molecule has 2 N–H and O–H groups in total. The number of hydrogen-bond donors (Lipinski definition) is 2. The molecule has 1 saturated carbocycles. The van der Waals surface area contributed by atoms with E-state index in [9.17, 15) is 4.79 Å². The molecule has 1 aliphatic heterocycles. The lowest BCUT2D eigenvalue weighted by atomic mass is 10.1. The van der Waals surface area contributed by atoms with E-state index >= 15 is 0 Å². The molecule has 2 fully saturated rings. The predicted molar refractivity (Wildman–Crippen MR) is 46.7 cm³/mol. The average Bonchev–Trinajstić information content (AvgIpc) is 2.66. The summed E-state index contributed by atoms with van der Waals surface area (Å²) < 4.78 is 0. The minimum absolute atomic E-state index is 0.152. The van der Waals surface area contributed by atoms with E-state index in [1.54, 1.807) is 0 Å². The van der Waals surface area contributed by atoms with Crippen LogP contribution in [-0.2, 0) is 4.79 Å². The van der Waals surface area contributed by atoms with E-state index in [0.717, 1.165) is 18.4 Å². The zero-order valence-electron chi connectivity index (χ0n) is 7.47. The molecule has 3 nitrogen and oxygen atoms in total. The topological polar surface area (TPSA) is 41.1 Å². The molecule has 1 saturated heterocycles. The molecule has 0 radical (unpaired) electrons. The quantitative estimate of drug-likeness (QED) is 0.615. The van der Waals surface area contributed by atoms with Crippen LogP contribution in [0.1, 0.15) is 19.8 Å². The highest BCUT2D eigenvalue weighted by Gasteiger charge is 2.35. The maximum absolute atomic E-state index is 11.0. The average molecular weight is 168 g/mol. The lowest BCUT2D eigenvalue weighted by molar-refractivity contribution is -0.122. The summed E-state index contributed by atoms with van der Waals surface area (Å²) in [6, 6.07) is 0.390. The van der Waals surface area contributed by atoms with Crippen molar-refractivity contribution in [3.63, 3.8) is 0 Å². The molecule has 0 aromatic rings. The van der Waals surface area contributed by atoms with Crippen LogP contribution in [-0.4, -0.2) is 25.0 Å². The van der Waals surface area contributed by atoms with Crippen LogP contribution in [0.2, 0.25) is 0 Å². The first kappa shape index (κ1) is 8.05. The van der Waals surface area contributed by atoms with Crippen LogP contribution >= 0.6 is 0 Å². The molecule has 1 aliphatic carbocycles. The highest BCUT2D eigenvalue weighted by Crippen LogP contribution is 2.41. The second-order valence-corrected chi connectivity index (χ2v) is 4.10. The smallest absolute Gasteiger partial charge is 0.234 e. The Kier molecular flexibility index (Phi) is 2.05. The SMILES string of the molecule is C[C@H]1C[C@H]1C[C@H]1CNCC(=O)N1. The molecular formula is C9H16N2O. The summed E-state index contributed by atoms with van der Waals surface area (Å²) in [5.41, 5.74) is 0. The first-order valence-electron chi connectivity index (χ1n) is 4.76. The van der Waals surface area contributed by atoms with Gasteiger partial charge in [-0.3, -0.25) is 4.79 Å². The van der Waals surface area contributed by atoms with Gasteiger partial charge in [-0.2, -0.15) is 0 Å². The van der Waals surface area contributed by atoms with Crippen LogP contribution < -0.4 is 10.6 Å². The summed E-state index contributed by atoms with van der Waals surface area (Å²) in [6.07, 6.45) is 2.52. The predicted octanol–water partition coefficient (Wildman–Crippen LogP) is 0.120. The lowest BCUT2D eigenvalue weighted by Crippen LogP contribution is -2.52. The molecule has 2 rings (SSSR count). The third-order valence-electron chi connectivity index (χ3n) is 2.90. The summed E-state index contributed by atoms with van der Waals surface area (Å²) in [7, 11) is 0. The van der Waals surface area contributed by atoms with E-state index in [0.29, 0.717) is 12.6 Å². The normalized spacial score (nSPS) is 40.8. The third kappa shape index (κ3) is 1.78. The number of carbonyl (C=O) groups is 1. The number of carbonyl (C=O) groups excluding carboxylic acids is 1. The first-order chi connectivity index (χ1) is 5.75. The Morgan fingerprint density at radius 1 is 1.58 bits per heavy atom. The van der Waals surface area contributed by atoms with Gasteiger partial charge in [0.2, 0.25) is 5.91 Å². The van der Waals surface area contributed by atoms with Crippen molar-refractivity contribution in [3.8, 4) is 0 Å². The number of piperazine rings is 1. The molecule has 0 aromatic carbocycles. The van der Waals surface area contributed by atoms with E-state index in [4.69, 9.17) is 0 Å². The molecule has 1 amide bonds. The molecule has 0 spiro atoms. The van der Waals surface area contributed by atoms with Crippen molar-refractivity contribution in [2.75, 3.05) is 13.1 Å². The highest BCUT2D eigenvalue weighted by atomic mass is 16.2. The lowest BCUT2D eigenvalue weighted by Gasteiger charge is -2.24. The Morgan fingerprint density at radius 3 is 2.92 bits per heavy atom. The van der Waals surface area contributed by atoms with Gasteiger partial charge in [0, 0.05) is 12.6 Å². The fraction of sp³-hybridized carbons (Fsp3) is 0.889. The van der Waals surface area contributed by atoms with E-state index in [1.807, 2.05) is 0 Å². The zero-order valence-corrected chi connectivity index (χ0v) is 7.47. The standard InChI is InChI=1S/C9H16N2O/c1-6-2-7(6)3-8-4-10-5-9(12)11-8/h6-8,10H,2-5H2,1H3,(H,11,12)/t6-,7-,8-/m0/s1. The minimum Gasteiger partial charge on any atom is -0.351 e. The van der Waals surface area contributed by atoms with Gasteiger partial charge >= 0.3 is 0 Å². The van der Waals surface area contributed by atoms with Crippen molar-refractivity contribution < 1.29 is 4.79 Å². The number of rotatable bonds is 2. The van der Waals surface area contributed by atoms with Crippen LogP contribution in [0.15, 0.2) is 0 Å². The number of nitrogens with one attached hydrogen (secondary N) is 2. The molecule has 3 atom stereocenters. The zero-order chi connectivity index (χ0) is 8.55. The van der Waals surface area contributed by atoms with Gasteiger partial charge < -0.3 is 10.6 Å². The van der Waals surface area contributed by atoms with Gasteiger partial charge in [0.05, 0.1) is 6.54 Å². The van der Waals surface area contributed by atoms with Crippen molar-refractivity contribution in [1.82, 2.24) is 10.6 Å². The number of amides is 1. The van der Waals surface area contributed by atoms with Gasteiger partial charge in [-0.05, 0) is 24.7 Å². The number of hydrogen-bond acceptors (Lipinski definition) is 2. The molecular weight excluding hydrogens is 152 g/mol. The van der Waals surface area contributed by atoms with Gasteiger partial charge in [0.15, 0.2) is 0 Å². The van der Waals surface area contributed by atoms with Crippen molar-refractivity contribution in [3.05, 3.63) is 0 Å². The van der Waals surface area contributed by atoms with Crippen LogP contribution in [0, 0.1) is 11.8 Å². The van der Waals surface area contributed by atoms with E-state index in [1.165, 1.54) is 12.8 Å². The molecule has 0 bridgehead atoms. The van der Waals surface area contributed by atoms with Crippen molar-refractivity contribution >= 4 is 5.91 Å². The summed E-state index contributed by atoms with van der Waals surface area (Å²) in [5, 5.41) is 6.13. The van der Waals surface area contributed by atoms with Gasteiger partial charge in [0.25, 0.3) is 0 Å². The van der Waals surface area contributed by atoms with Gasteiger partial charge in [-0.25, -0.2) is 0 Å². The van der Waals surface area contributed by atoms with Crippen molar-refractivity contribution in [2.24, 2.45) is 11.8 Å². The molecule has 0 unspecified atom stereocenters. The van der Waals surface area contributed by atoms with Crippen LogP contribution in [0.3, 0.4) is 0 Å². The third-order valence-corrected chi connectivity index (χ3v) is 2.90. The Morgan fingerprint density at radius 2 is 2.33 bits per heavy atom. The second kappa shape index (κ2) is 3.05. The molecule has 3 heteroatoms. The van der Waals surface area contributed by atoms with E-state index in [2.05, 4.69) is 17.6 Å². The maximum atomic E-state index is 11.0. The van der Waals surface area contributed by atoms with Crippen LogP contribution in [0.25, 0.3) is 0 Å². The van der Waals surface area contributed by atoms with Gasteiger partial charge in [0.1, 0.15) is 0 Å². The summed E-state index contributed by atoms with van der Waals surface area (Å²) >= 11 is 0. The van der Waals surface area contributed by atoms with E-state index in [-0.39, 0.29) is 5.91 Å². The van der Waals surface area contributed by atoms with Gasteiger partial charge in [-0.1, -0.05) is 6.92 Å². The summed E-state index contributed by atoms with van der Waals surface area (Å²) in [6.45, 7) is 3.73. The molecule has 12 heavy (non-hydrogen) atoms.